The minimum Gasteiger partial charge on any atom is -0.390 e. The van der Waals surface area contributed by atoms with Crippen LogP contribution in [0.4, 0.5) is 0 Å². The summed E-state index contributed by atoms with van der Waals surface area (Å²) < 4.78 is 5.04. The molecule has 1 saturated heterocycles. The molecule has 1 N–H and O–H groups in total. The molecule has 1 atom stereocenters. The number of rotatable bonds is 0. The third-order valence-electron chi connectivity index (χ3n) is 0.992. The number of aliphatic hydroxyl groups is 1. The molecule has 1 unspecified atom stereocenters. The number of hydrogen-bond acceptors (Lipinski definition) is 3. The maximum absolute atomic E-state index is 8.94. The van der Waals surface area contributed by atoms with Crippen LogP contribution in [0.25, 0.3) is 0 Å². The Morgan fingerprint density at radius 2 is 2.50 bits per heavy atom. The van der Waals surface area contributed by atoms with Gasteiger partial charge in [0.25, 0.3) is 0 Å². The number of thioether (sulfide) groups is 1. The second-order valence-corrected chi connectivity index (χ2v) is 2.95. The Balaban J connectivity index is 2.17. The fourth-order valence-corrected chi connectivity index (χ4v) is 1.38. The molecule has 1 fully saturated rings. The van der Waals surface area contributed by atoms with Crippen molar-refractivity contribution in [2.75, 3.05) is 24.7 Å². The van der Waals surface area contributed by atoms with E-state index >= 15 is 0 Å². The van der Waals surface area contributed by atoms with Crippen LogP contribution in [0.2, 0.25) is 0 Å². The topological polar surface area (TPSA) is 29.5 Å². The van der Waals surface area contributed by atoms with Crippen LogP contribution >= 0.6 is 11.8 Å². The predicted octanol–water partition coefficient (Wildman–Crippen LogP) is 0.111. The highest BCUT2D eigenvalue weighted by Crippen LogP contribution is 2.06. The van der Waals surface area contributed by atoms with Crippen molar-refractivity contribution in [3.63, 3.8) is 0 Å². The molecule has 2 nitrogen and oxygen atoms in total. The Labute approximate surface area is 53.2 Å². The van der Waals surface area contributed by atoms with Crippen LogP contribution in [0.15, 0.2) is 0 Å². The lowest BCUT2D eigenvalue weighted by Crippen LogP contribution is -2.14. The Bertz CT molecular complexity index is 59.4. The van der Waals surface area contributed by atoms with Crippen LogP contribution in [0.3, 0.4) is 0 Å². The van der Waals surface area contributed by atoms with Gasteiger partial charge in [-0.3, -0.25) is 0 Å². The van der Waals surface area contributed by atoms with Crippen LogP contribution in [-0.2, 0) is 4.74 Å². The zero-order valence-electron chi connectivity index (χ0n) is 4.67. The van der Waals surface area contributed by atoms with Crippen molar-refractivity contribution < 1.29 is 9.84 Å². The summed E-state index contributed by atoms with van der Waals surface area (Å²) in [7, 11) is 0. The molecule has 0 bridgehead atoms. The highest BCUT2D eigenvalue weighted by Gasteiger charge is 2.07. The zero-order chi connectivity index (χ0) is 5.82. The summed E-state index contributed by atoms with van der Waals surface area (Å²) >= 11 is 1.75. The molecule has 0 aromatic rings. The van der Waals surface area contributed by atoms with Crippen LogP contribution < -0.4 is 0 Å². The van der Waals surface area contributed by atoms with E-state index in [0.29, 0.717) is 6.61 Å². The van der Waals surface area contributed by atoms with Gasteiger partial charge in [0.1, 0.15) is 0 Å². The second kappa shape index (κ2) is 3.33. The number of hydrogen-bond donors (Lipinski definition) is 1. The van der Waals surface area contributed by atoms with Gasteiger partial charge in [-0.15, -0.1) is 0 Å². The van der Waals surface area contributed by atoms with Gasteiger partial charge >= 0.3 is 0 Å². The van der Waals surface area contributed by atoms with Crippen molar-refractivity contribution in [1.82, 2.24) is 0 Å². The lowest BCUT2D eigenvalue weighted by Gasteiger charge is -2.01. The summed E-state index contributed by atoms with van der Waals surface area (Å²) in [4.78, 5) is 0. The minimum atomic E-state index is -0.234. The quantitative estimate of drug-likeness (QED) is 0.510. The molecule has 0 aromatic carbocycles. The summed E-state index contributed by atoms with van der Waals surface area (Å²) in [5, 5.41) is 8.94. The van der Waals surface area contributed by atoms with E-state index in [9.17, 15) is 0 Å². The van der Waals surface area contributed by atoms with Gasteiger partial charge < -0.3 is 9.84 Å². The largest absolute Gasteiger partial charge is 0.390 e. The average Bonchev–Trinajstić information content (AvgIpc) is 1.94. The number of aliphatic hydroxyl groups excluding tert-OH is 1. The molecule has 0 saturated carbocycles. The van der Waals surface area contributed by atoms with E-state index in [-0.39, 0.29) is 6.10 Å². The standard InChI is InChI=1S/C5H10O2S/c6-5-3-7-1-2-8-4-5/h5-6H,1-4H2. The van der Waals surface area contributed by atoms with E-state index in [1.165, 1.54) is 0 Å². The first-order chi connectivity index (χ1) is 3.89. The van der Waals surface area contributed by atoms with Crippen molar-refractivity contribution in [3.8, 4) is 0 Å². The number of ether oxygens (including phenoxy) is 1. The smallest absolute Gasteiger partial charge is 0.0863 e. The third-order valence-corrected chi connectivity index (χ3v) is 2.07. The first-order valence-electron chi connectivity index (χ1n) is 2.73. The third kappa shape index (κ3) is 2.03. The molecular weight excluding hydrogens is 124 g/mol. The lowest BCUT2D eigenvalue weighted by atomic mass is 10.4. The van der Waals surface area contributed by atoms with Crippen LogP contribution in [-0.4, -0.2) is 35.9 Å². The first-order valence-corrected chi connectivity index (χ1v) is 3.88. The SMILES string of the molecule is OC1COCCSC1. The lowest BCUT2D eigenvalue weighted by molar-refractivity contribution is 0.0605. The fourth-order valence-electron chi connectivity index (χ4n) is 0.605. The van der Waals surface area contributed by atoms with Crippen LogP contribution in [0.5, 0.6) is 0 Å². The minimum absolute atomic E-state index is 0.234. The van der Waals surface area contributed by atoms with Gasteiger partial charge in [0, 0.05) is 11.5 Å². The van der Waals surface area contributed by atoms with E-state index in [1.807, 2.05) is 0 Å². The van der Waals surface area contributed by atoms with Crippen molar-refractivity contribution in [2.45, 2.75) is 6.10 Å². The molecule has 3 heteroatoms. The molecule has 0 aliphatic carbocycles. The molecule has 8 heavy (non-hydrogen) atoms. The average molecular weight is 134 g/mol. The highest BCUT2D eigenvalue weighted by molar-refractivity contribution is 7.99. The maximum Gasteiger partial charge on any atom is 0.0863 e. The van der Waals surface area contributed by atoms with E-state index in [2.05, 4.69) is 0 Å². The summed E-state index contributed by atoms with van der Waals surface area (Å²) in [5.74, 6) is 1.86. The zero-order valence-corrected chi connectivity index (χ0v) is 5.49. The van der Waals surface area contributed by atoms with E-state index in [1.54, 1.807) is 11.8 Å². The van der Waals surface area contributed by atoms with Gasteiger partial charge in [-0.05, 0) is 0 Å². The molecule has 1 aliphatic heterocycles. The Morgan fingerprint density at radius 1 is 1.62 bits per heavy atom. The fraction of sp³-hybridized carbons (Fsp3) is 1.00. The monoisotopic (exact) mass is 134 g/mol. The predicted molar refractivity (Wildman–Crippen MR) is 34.2 cm³/mol. The van der Waals surface area contributed by atoms with E-state index in [0.717, 1.165) is 18.1 Å². The Hall–Kier alpha value is 0.270. The van der Waals surface area contributed by atoms with Crippen molar-refractivity contribution in [3.05, 3.63) is 0 Å². The van der Waals surface area contributed by atoms with Gasteiger partial charge in [0.05, 0.1) is 19.3 Å². The van der Waals surface area contributed by atoms with E-state index < -0.39 is 0 Å². The van der Waals surface area contributed by atoms with Gasteiger partial charge in [-0.2, -0.15) is 11.8 Å². The van der Waals surface area contributed by atoms with Crippen LogP contribution in [0, 0.1) is 0 Å². The highest BCUT2D eigenvalue weighted by atomic mass is 32.2. The van der Waals surface area contributed by atoms with Gasteiger partial charge in [0.15, 0.2) is 0 Å². The summed E-state index contributed by atoms with van der Waals surface area (Å²) in [6.45, 7) is 1.31. The normalized spacial score (nSPS) is 31.9. The Morgan fingerprint density at radius 3 is 3.38 bits per heavy atom. The maximum atomic E-state index is 8.94. The molecule has 0 amide bonds. The van der Waals surface area contributed by atoms with Crippen LogP contribution in [0.1, 0.15) is 0 Å². The second-order valence-electron chi connectivity index (χ2n) is 1.80. The van der Waals surface area contributed by atoms with E-state index in [4.69, 9.17) is 9.84 Å². The van der Waals surface area contributed by atoms with Gasteiger partial charge in [-0.25, -0.2) is 0 Å². The van der Waals surface area contributed by atoms with Gasteiger partial charge in [0.2, 0.25) is 0 Å². The molecule has 0 radical (unpaired) electrons. The molecule has 1 aliphatic rings. The van der Waals surface area contributed by atoms with Crippen molar-refractivity contribution in [1.29, 1.82) is 0 Å². The molecule has 1 rings (SSSR count). The Kier molecular flexibility index (Phi) is 2.66. The van der Waals surface area contributed by atoms with Crippen molar-refractivity contribution >= 4 is 11.8 Å². The molecule has 1 heterocycles. The first kappa shape index (κ1) is 6.39. The molecular formula is C5H10O2S. The molecule has 0 spiro atoms. The summed E-state index contributed by atoms with van der Waals surface area (Å²) in [5.41, 5.74) is 0. The van der Waals surface area contributed by atoms with Crippen molar-refractivity contribution in [2.24, 2.45) is 0 Å². The summed E-state index contributed by atoms with van der Waals surface area (Å²) in [6.07, 6.45) is -0.234. The van der Waals surface area contributed by atoms with Gasteiger partial charge in [-0.1, -0.05) is 0 Å². The molecule has 48 valence electrons. The summed E-state index contributed by atoms with van der Waals surface area (Å²) in [6, 6.07) is 0. The molecule has 0 aromatic heterocycles.